The van der Waals surface area contributed by atoms with Gasteiger partial charge < -0.3 is 15.1 Å². The quantitative estimate of drug-likeness (QED) is 0.459. The predicted octanol–water partition coefficient (Wildman–Crippen LogP) is -0.196. The zero-order valence-corrected chi connectivity index (χ0v) is 20.3. The third-order valence-corrected chi connectivity index (χ3v) is 8.45. The number of alkyl halides is 3. The van der Waals surface area contributed by atoms with Crippen LogP contribution in [0.5, 0.6) is 0 Å². The molecule has 0 radical (unpaired) electrons. The number of nitrogens with zero attached hydrogens (tertiary/aromatic N) is 3. The van der Waals surface area contributed by atoms with Gasteiger partial charge >= 0.3 is 12.2 Å². The maximum absolute atomic E-state index is 13.0. The number of halogens is 3. The number of aromatic nitrogens is 1. The lowest BCUT2D eigenvalue weighted by Gasteiger charge is -2.42. The Hall–Kier alpha value is -2.65. The Morgan fingerprint density at radius 2 is 2.03 bits per heavy atom. The first-order chi connectivity index (χ1) is 15.3. The fraction of sp³-hybridized carbons (Fsp3) is 0.550. The number of nitrogens with one attached hydrogen (secondary N) is 2. The van der Waals surface area contributed by atoms with Crippen molar-refractivity contribution in [3.05, 3.63) is 29.1 Å². The smallest absolute Gasteiger partial charge is 0.340 e. The zero-order valence-electron chi connectivity index (χ0n) is 18.3. The summed E-state index contributed by atoms with van der Waals surface area (Å²) in [6, 6.07) is -0.550. The molecule has 1 spiro atoms. The van der Waals surface area contributed by atoms with Gasteiger partial charge in [0, 0.05) is 37.8 Å². The molecule has 4 rings (SSSR count). The summed E-state index contributed by atoms with van der Waals surface area (Å²) in [5.41, 5.74) is 0.260. The SMILES string of the molecule is C[C@@H]1[C@H]([AlH2])C[C@H](NC(=O)c2cnc3c(c2)C[C@@]2(C3)C(=O)NC(=O)N2C)C(=O)N1CC(F)(F)F. The van der Waals surface area contributed by atoms with Gasteiger partial charge in [-0.25, -0.2) is 4.79 Å². The van der Waals surface area contributed by atoms with Gasteiger partial charge in [-0.05, 0) is 25.0 Å². The molecule has 5 amide bonds. The minimum Gasteiger partial charge on any atom is -0.340 e. The van der Waals surface area contributed by atoms with Crippen LogP contribution >= 0.6 is 0 Å². The van der Waals surface area contributed by atoms with Gasteiger partial charge in [0.2, 0.25) is 22.2 Å². The van der Waals surface area contributed by atoms with Crippen molar-refractivity contribution >= 4 is 40.0 Å². The molecular formula is C20H23AlF3N5O4. The van der Waals surface area contributed by atoms with Crippen molar-refractivity contribution in [1.29, 1.82) is 0 Å². The number of urea groups is 1. The number of imide groups is 1. The van der Waals surface area contributed by atoms with Gasteiger partial charge in [0.1, 0.15) is 18.1 Å². The number of pyridine rings is 1. The topological polar surface area (TPSA) is 112 Å². The first-order valence-corrected chi connectivity index (χ1v) is 11.7. The number of carbonyl (C=O) groups is 4. The molecular weight excluding hydrogens is 458 g/mol. The first kappa shape index (κ1) is 23.5. The molecule has 2 N–H and O–H groups in total. The van der Waals surface area contributed by atoms with Crippen molar-refractivity contribution in [2.75, 3.05) is 13.6 Å². The van der Waals surface area contributed by atoms with Crippen LogP contribution < -0.4 is 10.6 Å². The van der Waals surface area contributed by atoms with Crippen LogP contribution in [-0.4, -0.2) is 92.2 Å². The summed E-state index contributed by atoms with van der Waals surface area (Å²) in [6.07, 6.45) is -2.54. The second-order valence-electron chi connectivity index (χ2n) is 9.09. The molecule has 1 aromatic heterocycles. The molecule has 3 aliphatic rings. The monoisotopic (exact) mass is 481 g/mol. The van der Waals surface area contributed by atoms with Crippen molar-refractivity contribution in [1.82, 2.24) is 25.4 Å². The van der Waals surface area contributed by atoms with E-state index in [1.54, 1.807) is 13.0 Å². The molecule has 0 unspecified atom stereocenters. The summed E-state index contributed by atoms with van der Waals surface area (Å²) in [5.74, 6) is -1.81. The van der Waals surface area contributed by atoms with Crippen molar-refractivity contribution in [3.63, 3.8) is 0 Å². The Kier molecular flexibility index (Phi) is 5.69. The molecule has 2 saturated heterocycles. The fourth-order valence-electron chi connectivity index (χ4n) is 4.83. The van der Waals surface area contributed by atoms with Gasteiger partial charge in [-0.2, -0.15) is 13.2 Å². The minimum atomic E-state index is -4.53. The highest BCUT2D eigenvalue weighted by Gasteiger charge is 2.55. The highest BCUT2D eigenvalue weighted by atomic mass is 27.0. The maximum atomic E-state index is 13.0. The van der Waals surface area contributed by atoms with Crippen LogP contribution in [0.15, 0.2) is 12.3 Å². The number of amides is 5. The summed E-state index contributed by atoms with van der Waals surface area (Å²) in [7, 11) is 1.52. The van der Waals surface area contributed by atoms with Crippen LogP contribution in [0.1, 0.15) is 35.0 Å². The molecule has 4 atom stereocenters. The fourth-order valence-corrected chi connectivity index (χ4v) is 5.66. The Balaban J connectivity index is 1.50. The number of fused-ring (bicyclic) bond motifs is 1. The summed E-state index contributed by atoms with van der Waals surface area (Å²) in [5, 5.41) is 4.85. The van der Waals surface area contributed by atoms with Crippen LogP contribution in [0, 0.1) is 0 Å². The molecule has 33 heavy (non-hydrogen) atoms. The van der Waals surface area contributed by atoms with Gasteiger partial charge in [-0.1, -0.05) is 4.78 Å². The van der Waals surface area contributed by atoms with Gasteiger partial charge in [0.25, 0.3) is 11.8 Å². The maximum Gasteiger partial charge on any atom is 0.406 e. The van der Waals surface area contributed by atoms with E-state index in [0.717, 1.165) is 4.90 Å². The van der Waals surface area contributed by atoms with Crippen LogP contribution in [0.3, 0.4) is 0 Å². The zero-order chi connectivity index (χ0) is 24.3. The van der Waals surface area contributed by atoms with Gasteiger partial charge in [0.05, 0.1) is 5.56 Å². The Morgan fingerprint density at radius 1 is 1.33 bits per heavy atom. The lowest BCUT2D eigenvalue weighted by atomic mass is 9.95. The molecule has 0 saturated carbocycles. The molecule has 1 aromatic rings. The highest BCUT2D eigenvalue weighted by Crippen LogP contribution is 2.36. The van der Waals surface area contributed by atoms with Gasteiger partial charge in [-0.3, -0.25) is 24.7 Å². The van der Waals surface area contributed by atoms with Gasteiger partial charge in [0.15, 0.2) is 0 Å². The molecule has 1 aliphatic carbocycles. The molecule has 0 bridgehead atoms. The third kappa shape index (κ3) is 4.08. The predicted molar refractivity (Wildman–Crippen MR) is 111 cm³/mol. The van der Waals surface area contributed by atoms with E-state index in [-0.39, 0.29) is 29.6 Å². The van der Waals surface area contributed by atoms with E-state index < -0.39 is 54.1 Å². The molecule has 0 aromatic carbocycles. The third-order valence-electron chi connectivity index (χ3n) is 7.01. The number of hydrogen-bond acceptors (Lipinski definition) is 5. The standard InChI is InChI=1S/C20H21F3N5O4.Al.2H/c1-10-3-4-13(16(30)28(10)9-20(21,22)23)25-15(29)12-5-11-6-19(7-14(11)24-8-12)17(31)26-18(32)27(19)2;;;/h3,5,8,10,13H,4,6-7,9H2,1-2H3,(H,25,29)(H,26,31,32);;;/t10-,13+,19-;;;/m1.../s1. The van der Waals surface area contributed by atoms with E-state index in [1.165, 1.54) is 18.1 Å². The molecule has 176 valence electrons. The summed E-state index contributed by atoms with van der Waals surface area (Å²) in [4.78, 5) is 56.3. The van der Waals surface area contributed by atoms with Crippen LogP contribution in [0.4, 0.5) is 18.0 Å². The Bertz CT molecular complexity index is 1050. The second-order valence-corrected chi connectivity index (χ2v) is 10.6. The lowest BCUT2D eigenvalue weighted by Crippen LogP contribution is -2.59. The Labute approximate surface area is 195 Å². The summed E-state index contributed by atoms with van der Waals surface area (Å²) >= 11 is 0.570. The number of hydrogen-bond donors (Lipinski definition) is 2. The minimum absolute atomic E-state index is 0.109. The highest BCUT2D eigenvalue weighted by molar-refractivity contribution is 6.13. The van der Waals surface area contributed by atoms with Crippen molar-refractivity contribution in [2.45, 2.75) is 54.8 Å². The van der Waals surface area contributed by atoms with E-state index in [0.29, 0.717) is 27.5 Å². The van der Waals surface area contributed by atoms with E-state index >= 15 is 0 Å². The van der Waals surface area contributed by atoms with Crippen LogP contribution in [0.2, 0.25) is 4.78 Å². The number of piperidine rings is 1. The van der Waals surface area contributed by atoms with E-state index in [1.807, 2.05) is 0 Å². The summed E-state index contributed by atoms with van der Waals surface area (Å²) < 4.78 is 38.8. The van der Waals surface area contributed by atoms with Crippen LogP contribution in [-0.2, 0) is 22.4 Å². The molecule has 2 aliphatic heterocycles. The van der Waals surface area contributed by atoms with Gasteiger partial charge in [-0.15, -0.1) is 0 Å². The molecule has 9 nitrogen and oxygen atoms in total. The first-order valence-electron chi connectivity index (χ1n) is 10.6. The molecule has 3 heterocycles. The second kappa shape index (κ2) is 7.99. The van der Waals surface area contributed by atoms with Crippen molar-refractivity contribution < 1.29 is 32.3 Å². The number of carbonyl (C=O) groups excluding carboxylic acids is 4. The largest absolute Gasteiger partial charge is 0.406 e. The van der Waals surface area contributed by atoms with E-state index in [2.05, 4.69) is 15.6 Å². The molecule has 13 heteroatoms. The lowest BCUT2D eigenvalue weighted by molar-refractivity contribution is -0.169. The molecule has 2 fully saturated rings. The average molecular weight is 481 g/mol. The number of rotatable bonds is 3. The summed E-state index contributed by atoms with van der Waals surface area (Å²) in [6.45, 7) is 0.245. The number of likely N-dealkylation sites (N-methyl/N-ethyl adjacent to an activating group) is 1. The Morgan fingerprint density at radius 3 is 2.64 bits per heavy atom. The number of likely N-dealkylation sites (tertiary alicyclic amines) is 1. The van der Waals surface area contributed by atoms with E-state index in [9.17, 15) is 32.3 Å². The normalized spacial score (nSPS) is 29.5. The van der Waals surface area contributed by atoms with E-state index in [4.69, 9.17) is 0 Å². The average Bonchev–Trinajstić information content (AvgIpc) is 3.21. The van der Waals surface area contributed by atoms with Crippen molar-refractivity contribution in [3.8, 4) is 0 Å². The van der Waals surface area contributed by atoms with Crippen molar-refractivity contribution in [2.24, 2.45) is 0 Å². The van der Waals surface area contributed by atoms with Crippen LogP contribution in [0.25, 0.3) is 0 Å².